The van der Waals surface area contributed by atoms with Gasteiger partial charge in [0.2, 0.25) is 11.9 Å². The number of rotatable bonds is 1. The molecule has 25 heavy (non-hydrogen) atoms. The van der Waals surface area contributed by atoms with Crippen LogP contribution in [0.5, 0.6) is 0 Å². The van der Waals surface area contributed by atoms with Crippen LogP contribution in [0.4, 0.5) is 5.95 Å². The summed E-state index contributed by atoms with van der Waals surface area (Å²) in [6, 6.07) is 0. The summed E-state index contributed by atoms with van der Waals surface area (Å²) in [5.41, 5.74) is 13.8. The molecule has 8 heteroatoms. The lowest BCUT2D eigenvalue weighted by molar-refractivity contribution is -0.139. The zero-order valence-electron chi connectivity index (χ0n) is 14.4. The third-order valence-electron chi connectivity index (χ3n) is 6.04. The van der Waals surface area contributed by atoms with Crippen LogP contribution >= 0.6 is 24.8 Å². The average molecular weight is 388 g/mol. The van der Waals surface area contributed by atoms with E-state index < -0.39 is 5.54 Å². The second-order valence-electron chi connectivity index (χ2n) is 7.58. The van der Waals surface area contributed by atoms with Crippen LogP contribution in [0.3, 0.4) is 0 Å². The quantitative estimate of drug-likeness (QED) is 0.767. The highest BCUT2D eigenvalue weighted by Gasteiger charge is 2.48. The number of piperidine rings is 1. The van der Waals surface area contributed by atoms with Crippen LogP contribution in [0.2, 0.25) is 0 Å². The van der Waals surface area contributed by atoms with Gasteiger partial charge in [-0.05, 0) is 44.1 Å². The van der Waals surface area contributed by atoms with E-state index in [1.54, 1.807) is 0 Å². The molecule has 1 aromatic rings. The molecule has 2 heterocycles. The molecule has 4 rings (SSSR count). The fourth-order valence-electron chi connectivity index (χ4n) is 4.79. The molecule has 0 bridgehead atoms. The molecule has 1 saturated heterocycles. The normalized spacial score (nSPS) is 26.7. The van der Waals surface area contributed by atoms with Gasteiger partial charge in [0.25, 0.3) is 0 Å². The number of nitrogen functional groups attached to an aromatic ring is 1. The number of nitrogens with zero attached hydrogens (tertiary/aromatic N) is 3. The van der Waals surface area contributed by atoms with Crippen molar-refractivity contribution in [3.8, 4) is 0 Å². The lowest BCUT2D eigenvalue weighted by Crippen LogP contribution is -2.58. The minimum absolute atomic E-state index is 0. The van der Waals surface area contributed by atoms with Crippen LogP contribution in [0.1, 0.15) is 56.2 Å². The number of amides is 1. The summed E-state index contributed by atoms with van der Waals surface area (Å²) in [5.74, 6) is 0.476. The van der Waals surface area contributed by atoms with E-state index in [4.69, 9.17) is 11.5 Å². The topological polar surface area (TPSA) is 98.1 Å². The van der Waals surface area contributed by atoms with Crippen molar-refractivity contribution in [3.63, 3.8) is 0 Å². The Kier molecular flexibility index (Phi) is 5.86. The summed E-state index contributed by atoms with van der Waals surface area (Å²) < 4.78 is 0. The molecular formula is C17H27Cl2N5O. The summed E-state index contributed by atoms with van der Waals surface area (Å²) in [7, 11) is 0. The van der Waals surface area contributed by atoms with Crippen molar-refractivity contribution in [2.75, 3.05) is 18.8 Å². The first-order valence-electron chi connectivity index (χ1n) is 8.73. The van der Waals surface area contributed by atoms with Crippen LogP contribution < -0.4 is 11.5 Å². The van der Waals surface area contributed by atoms with Crippen LogP contribution in [-0.4, -0.2) is 39.4 Å². The van der Waals surface area contributed by atoms with Crippen LogP contribution in [0.25, 0.3) is 0 Å². The van der Waals surface area contributed by atoms with Crippen molar-refractivity contribution in [2.24, 2.45) is 5.73 Å². The van der Waals surface area contributed by atoms with Crippen molar-refractivity contribution < 1.29 is 4.79 Å². The zero-order chi connectivity index (χ0) is 16.1. The molecule has 1 spiro atoms. The van der Waals surface area contributed by atoms with E-state index in [-0.39, 0.29) is 36.1 Å². The van der Waals surface area contributed by atoms with Gasteiger partial charge in [0.15, 0.2) is 0 Å². The summed E-state index contributed by atoms with van der Waals surface area (Å²) in [5, 5.41) is 0. The zero-order valence-corrected chi connectivity index (χ0v) is 16.0. The van der Waals surface area contributed by atoms with E-state index in [0.29, 0.717) is 5.95 Å². The van der Waals surface area contributed by atoms with Crippen molar-refractivity contribution in [2.45, 2.75) is 62.3 Å². The third kappa shape index (κ3) is 3.32. The molecular weight excluding hydrogens is 361 g/mol. The number of fused-ring (bicyclic) bond motifs is 2. The molecule has 1 unspecified atom stereocenters. The van der Waals surface area contributed by atoms with Gasteiger partial charge in [-0.25, -0.2) is 9.97 Å². The number of halogens is 2. The highest BCUT2D eigenvalue weighted by Crippen LogP contribution is 2.44. The van der Waals surface area contributed by atoms with Crippen molar-refractivity contribution in [1.29, 1.82) is 0 Å². The highest BCUT2D eigenvalue weighted by atomic mass is 35.5. The Morgan fingerprint density at radius 3 is 2.56 bits per heavy atom. The molecule has 6 nitrogen and oxygen atoms in total. The lowest BCUT2D eigenvalue weighted by atomic mass is 9.77. The van der Waals surface area contributed by atoms with E-state index in [9.17, 15) is 4.79 Å². The number of likely N-dealkylation sites (tertiary alicyclic amines) is 1. The molecule has 2 aliphatic carbocycles. The molecule has 1 atom stereocenters. The second-order valence-corrected chi connectivity index (χ2v) is 7.58. The summed E-state index contributed by atoms with van der Waals surface area (Å²) in [6.45, 7) is 1.55. The number of aryl methyl sites for hydroxylation is 1. The maximum absolute atomic E-state index is 13.0. The summed E-state index contributed by atoms with van der Waals surface area (Å²) in [4.78, 5) is 23.6. The molecule has 1 aliphatic heterocycles. The molecule has 1 amide bonds. The van der Waals surface area contributed by atoms with Crippen LogP contribution in [0.15, 0.2) is 6.20 Å². The maximum atomic E-state index is 13.0. The SMILES string of the molecule is Cl.Cl.Nc1ncc2c(n1)C1(CCCN(C(=O)C3(N)CCCC3)C1)CC2. The minimum atomic E-state index is -0.634. The van der Waals surface area contributed by atoms with Gasteiger partial charge in [-0.1, -0.05) is 12.8 Å². The number of hydrogen-bond donors (Lipinski definition) is 2. The fourth-order valence-corrected chi connectivity index (χ4v) is 4.79. The van der Waals surface area contributed by atoms with Crippen molar-refractivity contribution in [1.82, 2.24) is 14.9 Å². The molecule has 2 fully saturated rings. The van der Waals surface area contributed by atoms with Gasteiger partial charge >= 0.3 is 0 Å². The first-order chi connectivity index (χ1) is 11.0. The van der Waals surface area contributed by atoms with E-state index in [2.05, 4.69) is 9.97 Å². The Balaban J connectivity index is 0.00000113. The molecule has 1 aromatic heterocycles. The van der Waals surface area contributed by atoms with Crippen molar-refractivity contribution >= 4 is 36.7 Å². The summed E-state index contributed by atoms with van der Waals surface area (Å²) in [6.07, 6.45) is 9.70. The smallest absolute Gasteiger partial charge is 0.242 e. The average Bonchev–Trinajstić information content (AvgIpc) is 3.13. The first kappa shape index (κ1) is 20.2. The molecule has 0 radical (unpaired) electrons. The van der Waals surface area contributed by atoms with Gasteiger partial charge in [-0.15, -0.1) is 24.8 Å². The molecule has 140 valence electrons. The van der Waals surface area contributed by atoms with E-state index in [1.165, 1.54) is 5.56 Å². The van der Waals surface area contributed by atoms with Gasteiger partial charge in [-0.2, -0.15) is 0 Å². The molecule has 0 aromatic carbocycles. The minimum Gasteiger partial charge on any atom is -0.368 e. The standard InChI is InChI=1S/C17H25N5O.2ClH/c18-15-20-10-12-4-8-16(13(12)21-15)5-3-9-22(11-16)14(23)17(19)6-1-2-7-17;;/h10H,1-9,11,19H2,(H2,18,20,21);2*1H. The van der Waals surface area contributed by atoms with E-state index >= 15 is 0 Å². The first-order valence-corrected chi connectivity index (χ1v) is 8.73. The van der Waals surface area contributed by atoms with Gasteiger partial charge in [0.1, 0.15) is 0 Å². The number of hydrogen-bond acceptors (Lipinski definition) is 5. The molecule has 4 N–H and O–H groups in total. The Labute approximate surface area is 161 Å². The maximum Gasteiger partial charge on any atom is 0.242 e. The lowest BCUT2D eigenvalue weighted by Gasteiger charge is -2.43. The van der Waals surface area contributed by atoms with Crippen LogP contribution in [-0.2, 0) is 16.6 Å². The van der Waals surface area contributed by atoms with Gasteiger partial charge in [0.05, 0.1) is 11.2 Å². The molecule has 3 aliphatic rings. The van der Waals surface area contributed by atoms with Gasteiger partial charge in [-0.3, -0.25) is 4.79 Å². The highest BCUT2D eigenvalue weighted by molar-refractivity contribution is 5.86. The Morgan fingerprint density at radius 1 is 1.12 bits per heavy atom. The third-order valence-corrected chi connectivity index (χ3v) is 6.04. The fraction of sp³-hybridized carbons (Fsp3) is 0.706. The van der Waals surface area contributed by atoms with E-state index in [0.717, 1.165) is 70.2 Å². The van der Waals surface area contributed by atoms with Crippen LogP contribution in [0, 0.1) is 0 Å². The van der Waals surface area contributed by atoms with Gasteiger partial charge in [0, 0.05) is 24.7 Å². The van der Waals surface area contributed by atoms with Gasteiger partial charge < -0.3 is 16.4 Å². The number of carbonyl (C=O) groups is 1. The monoisotopic (exact) mass is 387 g/mol. The van der Waals surface area contributed by atoms with Crippen molar-refractivity contribution in [3.05, 3.63) is 17.5 Å². The number of anilines is 1. The predicted octanol–water partition coefficient (Wildman–Crippen LogP) is 1.98. The number of nitrogens with two attached hydrogens (primary N) is 2. The largest absolute Gasteiger partial charge is 0.368 e. The predicted molar refractivity (Wildman–Crippen MR) is 102 cm³/mol. The molecule has 1 saturated carbocycles. The number of carbonyl (C=O) groups excluding carboxylic acids is 1. The Bertz CT molecular complexity index is 646. The Hall–Kier alpha value is -1.11. The van der Waals surface area contributed by atoms with E-state index in [1.807, 2.05) is 11.1 Å². The number of aromatic nitrogens is 2. The summed E-state index contributed by atoms with van der Waals surface area (Å²) >= 11 is 0. The Morgan fingerprint density at radius 2 is 1.84 bits per heavy atom. The second kappa shape index (κ2) is 7.25.